The summed E-state index contributed by atoms with van der Waals surface area (Å²) in [6.07, 6.45) is 5.04. The summed E-state index contributed by atoms with van der Waals surface area (Å²) in [5.74, 6) is -1.05. The van der Waals surface area contributed by atoms with Gasteiger partial charge in [0.05, 0.1) is 0 Å². The van der Waals surface area contributed by atoms with Gasteiger partial charge in [-0.1, -0.05) is 42.5 Å². The van der Waals surface area contributed by atoms with E-state index in [4.69, 9.17) is 16.2 Å². The molecule has 0 saturated carbocycles. The summed E-state index contributed by atoms with van der Waals surface area (Å²) in [4.78, 5) is 0. The van der Waals surface area contributed by atoms with Crippen LogP contribution in [0.2, 0.25) is 0 Å². The van der Waals surface area contributed by atoms with Crippen LogP contribution in [0.5, 0.6) is 17.2 Å². The molecule has 1 unspecified atom stereocenters. The van der Waals surface area contributed by atoms with Crippen LogP contribution in [0.4, 0.5) is 0 Å². The molecule has 31 heavy (non-hydrogen) atoms. The molecule has 0 radical (unpaired) electrons. The third-order valence-electron chi connectivity index (χ3n) is 5.13. The van der Waals surface area contributed by atoms with Gasteiger partial charge in [-0.25, -0.2) is 0 Å². The van der Waals surface area contributed by atoms with E-state index in [2.05, 4.69) is 40.1 Å². The first-order chi connectivity index (χ1) is 14.8. The number of hydrogen-bond donors (Lipinski definition) is 4. The minimum absolute atomic E-state index is 0.153. The molecular weight excluding hydrogens is 407 g/mol. The number of benzene rings is 3. The smallest absolute Gasteiger partial charge is 0.213 e. The highest BCUT2D eigenvalue weighted by Gasteiger charge is 2.21. The second-order valence-corrected chi connectivity index (χ2v) is 8.20. The van der Waals surface area contributed by atoms with E-state index in [0.29, 0.717) is 23.9 Å². The quantitative estimate of drug-likeness (QED) is 0.176. The van der Waals surface area contributed by atoms with Crippen LogP contribution in [-0.2, 0) is 12.8 Å². The molecule has 3 aromatic carbocycles. The second kappa shape index (κ2) is 9.97. The summed E-state index contributed by atoms with van der Waals surface area (Å²) in [6, 6.07) is 18.9. The van der Waals surface area contributed by atoms with Crippen molar-refractivity contribution in [2.45, 2.75) is 31.5 Å². The zero-order valence-corrected chi connectivity index (χ0v) is 18.6. The van der Waals surface area contributed by atoms with E-state index in [-0.39, 0.29) is 11.5 Å². The largest absolute Gasteiger partial charge is 0.504 e. The van der Waals surface area contributed by atoms with Gasteiger partial charge < -0.3 is 14.9 Å². The van der Waals surface area contributed by atoms with Crippen molar-refractivity contribution in [2.75, 3.05) is 0 Å². The van der Waals surface area contributed by atoms with Gasteiger partial charge in [0, 0.05) is 11.7 Å². The van der Waals surface area contributed by atoms with Crippen LogP contribution in [0.25, 0.3) is 11.1 Å². The molecule has 0 fully saturated rings. The Morgan fingerprint density at radius 1 is 0.903 bits per heavy atom. The standard InChI is InChI=1S/C25H29N2O3P/c1-2-3-4-17-5-7-18(8-6-17)15-16-25(26,27)30-20-11-9-19(10-12-20)21-13-14-22(28)23(29)24(21)31/h2,5-14,28-29H,1,3-4,15-16,26-27,31H2. The van der Waals surface area contributed by atoms with Crippen LogP contribution < -0.4 is 21.5 Å². The van der Waals surface area contributed by atoms with Crippen LogP contribution in [0.15, 0.2) is 73.3 Å². The fourth-order valence-corrected chi connectivity index (χ4v) is 3.71. The molecule has 0 aliphatic rings. The third kappa shape index (κ3) is 6.08. The molecule has 162 valence electrons. The molecule has 6 heteroatoms. The minimum Gasteiger partial charge on any atom is -0.504 e. The maximum atomic E-state index is 9.93. The number of ether oxygens (including phenoxy) is 1. The summed E-state index contributed by atoms with van der Waals surface area (Å²) in [5, 5.41) is 20.1. The second-order valence-electron chi connectivity index (χ2n) is 7.62. The van der Waals surface area contributed by atoms with E-state index in [9.17, 15) is 10.2 Å². The normalized spacial score (nSPS) is 11.3. The molecule has 0 heterocycles. The summed E-state index contributed by atoms with van der Waals surface area (Å²) in [5.41, 5.74) is 16.5. The van der Waals surface area contributed by atoms with E-state index < -0.39 is 5.85 Å². The van der Waals surface area contributed by atoms with Crippen molar-refractivity contribution in [3.63, 3.8) is 0 Å². The first kappa shape index (κ1) is 22.8. The molecule has 0 aliphatic heterocycles. The van der Waals surface area contributed by atoms with Crippen LogP contribution in [0.3, 0.4) is 0 Å². The lowest BCUT2D eigenvalue weighted by Gasteiger charge is -2.26. The molecule has 3 rings (SSSR count). The van der Waals surface area contributed by atoms with Crippen molar-refractivity contribution in [3.05, 3.63) is 84.4 Å². The lowest BCUT2D eigenvalue weighted by molar-refractivity contribution is 0.0734. The molecule has 1 atom stereocenters. The van der Waals surface area contributed by atoms with E-state index in [1.165, 1.54) is 11.6 Å². The molecule has 0 bridgehead atoms. The number of hydrogen-bond acceptors (Lipinski definition) is 5. The van der Waals surface area contributed by atoms with Gasteiger partial charge in [0.15, 0.2) is 11.5 Å². The maximum absolute atomic E-state index is 9.93. The Morgan fingerprint density at radius 3 is 2.13 bits per heavy atom. The topological polar surface area (TPSA) is 102 Å². The number of phenols is 2. The average Bonchev–Trinajstić information content (AvgIpc) is 2.76. The predicted molar refractivity (Wildman–Crippen MR) is 130 cm³/mol. The van der Waals surface area contributed by atoms with Gasteiger partial charge in [-0.3, -0.25) is 11.5 Å². The number of allylic oxidation sites excluding steroid dienone is 1. The summed E-state index contributed by atoms with van der Waals surface area (Å²) >= 11 is 0. The summed E-state index contributed by atoms with van der Waals surface area (Å²) in [7, 11) is 2.45. The van der Waals surface area contributed by atoms with Crippen molar-refractivity contribution >= 4 is 14.5 Å². The molecule has 6 N–H and O–H groups in total. The molecule has 0 spiro atoms. The third-order valence-corrected chi connectivity index (χ3v) is 5.72. The molecule has 0 aromatic heterocycles. The number of phenolic OH excluding ortho intramolecular Hbond substituents is 2. The predicted octanol–water partition coefficient (Wildman–Crippen LogP) is 3.97. The van der Waals surface area contributed by atoms with Crippen LogP contribution in [0, 0.1) is 0 Å². The van der Waals surface area contributed by atoms with Gasteiger partial charge in [-0.15, -0.1) is 15.8 Å². The Balaban J connectivity index is 1.61. The fourth-order valence-electron chi connectivity index (χ4n) is 3.30. The maximum Gasteiger partial charge on any atom is 0.213 e. The SMILES string of the molecule is C=CCCc1ccc(CCC(N)(N)Oc2ccc(-c3ccc(O)c(O)c3P)cc2)cc1. The van der Waals surface area contributed by atoms with Crippen LogP contribution >= 0.6 is 9.24 Å². The molecule has 5 nitrogen and oxygen atoms in total. The van der Waals surface area contributed by atoms with Crippen molar-refractivity contribution in [1.82, 2.24) is 0 Å². The molecule has 0 aliphatic carbocycles. The Kier molecular flexibility index (Phi) is 7.34. The van der Waals surface area contributed by atoms with Crippen molar-refractivity contribution in [2.24, 2.45) is 11.5 Å². The first-order valence-electron chi connectivity index (χ1n) is 10.2. The van der Waals surface area contributed by atoms with Crippen molar-refractivity contribution < 1.29 is 14.9 Å². The van der Waals surface area contributed by atoms with Gasteiger partial charge in [0.2, 0.25) is 5.85 Å². The monoisotopic (exact) mass is 436 g/mol. The molecule has 0 saturated heterocycles. The lowest BCUT2D eigenvalue weighted by atomic mass is 10.0. The number of nitrogens with two attached hydrogens (primary N) is 2. The van der Waals surface area contributed by atoms with Gasteiger partial charge in [-0.2, -0.15) is 0 Å². The Hall–Kier alpha value is -2.85. The Morgan fingerprint density at radius 2 is 1.52 bits per heavy atom. The van der Waals surface area contributed by atoms with E-state index in [0.717, 1.165) is 29.5 Å². The van der Waals surface area contributed by atoms with Crippen molar-refractivity contribution in [1.29, 1.82) is 0 Å². The highest BCUT2D eigenvalue weighted by molar-refractivity contribution is 7.28. The van der Waals surface area contributed by atoms with Crippen LogP contribution in [-0.4, -0.2) is 16.1 Å². The Labute approximate surface area is 185 Å². The Bertz CT molecular complexity index is 1030. The highest BCUT2D eigenvalue weighted by Crippen LogP contribution is 2.31. The highest BCUT2D eigenvalue weighted by atomic mass is 31.0. The zero-order chi connectivity index (χ0) is 22.4. The van der Waals surface area contributed by atoms with Gasteiger partial charge >= 0.3 is 0 Å². The average molecular weight is 436 g/mol. The van der Waals surface area contributed by atoms with Crippen molar-refractivity contribution in [3.8, 4) is 28.4 Å². The summed E-state index contributed by atoms with van der Waals surface area (Å²) in [6.45, 7) is 3.75. The number of aryl methyl sites for hydroxylation is 2. The van der Waals surface area contributed by atoms with E-state index >= 15 is 0 Å². The first-order valence-corrected chi connectivity index (χ1v) is 10.7. The minimum atomic E-state index is -1.30. The van der Waals surface area contributed by atoms with Gasteiger partial charge in [-0.05, 0) is 65.8 Å². The number of aromatic hydroxyl groups is 2. The van der Waals surface area contributed by atoms with Crippen LogP contribution in [0.1, 0.15) is 24.0 Å². The zero-order valence-electron chi connectivity index (χ0n) is 17.4. The molecule has 3 aromatic rings. The summed E-state index contributed by atoms with van der Waals surface area (Å²) < 4.78 is 5.81. The fraction of sp³-hybridized carbons (Fsp3) is 0.200. The van der Waals surface area contributed by atoms with E-state index in [1.54, 1.807) is 18.2 Å². The number of rotatable bonds is 9. The van der Waals surface area contributed by atoms with Gasteiger partial charge in [0.25, 0.3) is 0 Å². The molecule has 0 amide bonds. The van der Waals surface area contributed by atoms with E-state index in [1.807, 2.05) is 18.2 Å². The molecular formula is C25H29N2O3P. The lowest BCUT2D eigenvalue weighted by Crippen LogP contribution is -2.55. The van der Waals surface area contributed by atoms with Gasteiger partial charge in [0.1, 0.15) is 5.75 Å².